The van der Waals surface area contributed by atoms with Crippen LogP contribution in [0.4, 0.5) is 4.79 Å². The lowest BCUT2D eigenvalue weighted by molar-refractivity contribution is -0.125. The Morgan fingerprint density at radius 2 is 1.24 bits per heavy atom. The number of carbonyl (C=O) groups excluding carboxylic acids is 6. The first-order chi connectivity index (χ1) is 28.0. The molecule has 59 heavy (non-hydrogen) atoms. The standard InChI is InChI=1S/C40H59N5O13S/c1-40(2,3)58-39(51)44-33(29-57-28-30-13-15-32(16-14-30)37(49)31-10-5-4-6-11-31)38(50)43-20-9-22-55-24-26-56-25-23-54-21-8-19-42-35(47)17-18-36(48)45-59(52,53)27-7-12-34(41)46/h4-6,10-11,13-16,33H,7-9,12,17-29H2,1-3H3,(H2,41,46)(H,42,47)(H,43,50)(H,44,51)(H,45,48)/t33-/m0/s1. The number of amides is 5. The summed E-state index contributed by atoms with van der Waals surface area (Å²) in [6, 6.07) is 14.9. The molecule has 5 amide bonds. The molecule has 0 saturated heterocycles. The first kappa shape index (κ1) is 50.2. The van der Waals surface area contributed by atoms with Crippen LogP contribution in [-0.4, -0.2) is 121 Å². The number of carbonyl (C=O) groups is 6. The second kappa shape index (κ2) is 27.7. The summed E-state index contributed by atoms with van der Waals surface area (Å²) in [5.74, 6) is -2.81. The second-order valence-corrected chi connectivity index (χ2v) is 16.0. The molecule has 2 rings (SSSR count). The Labute approximate surface area is 346 Å². The number of ketones is 1. The van der Waals surface area contributed by atoms with E-state index in [0.29, 0.717) is 70.2 Å². The van der Waals surface area contributed by atoms with E-state index in [9.17, 15) is 37.2 Å². The van der Waals surface area contributed by atoms with Crippen LogP contribution in [0.15, 0.2) is 54.6 Å². The fourth-order valence-corrected chi connectivity index (χ4v) is 5.99. The maximum absolute atomic E-state index is 13.0. The van der Waals surface area contributed by atoms with Gasteiger partial charge in [-0.15, -0.1) is 0 Å². The number of rotatable bonds is 30. The van der Waals surface area contributed by atoms with Crippen molar-refractivity contribution in [2.24, 2.45) is 5.73 Å². The van der Waals surface area contributed by atoms with Gasteiger partial charge in [0.1, 0.15) is 11.6 Å². The van der Waals surface area contributed by atoms with E-state index in [0.717, 1.165) is 5.56 Å². The van der Waals surface area contributed by atoms with Gasteiger partial charge in [0, 0.05) is 56.7 Å². The van der Waals surface area contributed by atoms with Crippen LogP contribution in [0.2, 0.25) is 0 Å². The molecule has 0 aliphatic carbocycles. The van der Waals surface area contributed by atoms with Crippen molar-refractivity contribution in [2.45, 2.75) is 77.5 Å². The maximum atomic E-state index is 13.0. The average Bonchev–Trinajstić information content (AvgIpc) is 3.17. The lowest BCUT2D eigenvalue weighted by Crippen LogP contribution is -2.50. The summed E-state index contributed by atoms with van der Waals surface area (Å²) < 4.78 is 53.1. The third-order valence-electron chi connectivity index (χ3n) is 7.79. The van der Waals surface area contributed by atoms with Crippen molar-refractivity contribution in [1.29, 1.82) is 0 Å². The summed E-state index contributed by atoms with van der Waals surface area (Å²) in [5, 5.41) is 7.98. The Hall–Kier alpha value is -4.95. The van der Waals surface area contributed by atoms with E-state index in [1.54, 1.807) is 69.3 Å². The van der Waals surface area contributed by atoms with Crippen LogP contribution in [-0.2, 0) is 59.5 Å². The minimum atomic E-state index is -3.90. The van der Waals surface area contributed by atoms with Crippen LogP contribution < -0.4 is 26.4 Å². The number of hydrogen-bond donors (Lipinski definition) is 5. The Balaban J connectivity index is 1.54. The number of nitrogens with two attached hydrogens (primary N) is 1. The van der Waals surface area contributed by atoms with Gasteiger partial charge in [0.2, 0.25) is 33.7 Å². The quantitative estimate of drug-likeness (QED) is 0.0557. The van der Waals surface area contributed by atoms with Crippen molar-refractivity contribution in [1.82, 2.24) is 20.7 Å². The van der Waals surface area contributed by atoms with E-state index in [4.69, 9.17) is 29.4 Å². The van der Waals surface area contributed by atoms with E-state index in [-0.39, 0.29) is 51.2 Å². The van der Waals surface area contributed by atoms with Gasteiger partial charge in [0.05, 0.1) is 45.4 Å². The van der Waals surface area contributed by atoms with E-state index >= 15 is 0 Å². The normalized spacial score (nSPS) is 11.9. The lowest BCUT2D eigenvalue weighted by Gasteiger charge is -2.23. The first-order valence-corrected chi connectivity index (χ1v) is 21.0. The molecular formula is C40H59N5O13S. The molecule has 0 radical (unpaired) electrons. The Bertz CT molecular complexity index is 1720. The first-order valence-electron chi connectivity index (χ1n) is 19.4. The third kappa shape index (κ3) is 24.5. The van der Waals surface area contributed by atoms with Crippen LogP contribution in [0.3, 0.4) is 0 Å². The topological polar surface area (TPSA) is 257 Å². The van der Waals surface area contributed by atoms with Gasteiger partial charge in [-0.2, -0.15) is 0 Å². The zero-order valence-electron chi connectivity index (χ0n) is 34.1. The highest BCUT2D eigenvalue weighted by Gasteiger charge is 2.25. The number of nitrogens with one attached hydrogen (secondary N) is 4. The van der Waals surface area contributed by atoms with Crippen LogP contribution in [0, 0.1) is 0 Å². The number of hydrogen-bond acceptors (Lipinski definition) is 13. The summed E-state index contributed by atoms with van der Waals surface area (Å²) >= 11 is 0. The van der Waals surface area contributed by atoms with Crippen LogP contribution in [0.25, 0.3) is 0 Å². The molecule has 0 aromatic heterocycles. The maximum Gasteiger partial charge on any atom is 0.408 e. The highest BCUT2D eigenvalue weighted by molar-refractivity contribution is 7.90. The monoisotopic (exact) mass is 849 g/mol. The highest BCUT2D eigenvalue weighted by Crippen LogP contribution is 2.12. The largest absolute Gasteiger partial charge is 0.444 e. The molecule has 0 aliphatic rings. The number of sulfonamides is 1. The van der Waals surface area contributed by atoms with Crippen LogP contribution >= 0.6 is 0 Å². The predicted molar refractivity (Wildman–Crippen MR) is 216 cm³/mol. The molecule has 0 bridgehead atoms. The summed E-state index contributed by atoms with van der Waals surface area (Å²) in [6.07, 6.45) is -0.336. The molecule has 2 aromatic rings. The highest BCUT2D eigenvalue weighted by atomic mass is 32.2. The van der Waals surface area contributed by atoms with Gasteiger partial charge in [0.15, 0.2) is 5.78 Å². The second-order valence-electron chi connectivity index (χ2n) is 14.2. The van der Waals surface area contributed by atoms with Crippen molar-refractivity contribution in [3.05, 3.63) is 71.3 Å². The Morgan fingerprint density at radius 1 is 0.678 bits per heavy atom. The fourth-order valence-electron chi connectivity index (χ4n) is 4.92. The van der Waals surface area contributed by atoms with E-state index in [1.165, 1.54) is 0 Å². The lowest BCUT2D eigenvalue weighted by atomic mass is 10.0. The average molecular weight is 850 g/mol. The Morgan fingerprint density at radius 3 is 1.83 bits per heavy atom. The Kier molecular flexibility index (Phi) is 23.6. The van der Waals surface area contributed by atoms with Crippen molar-refractivity contribution < 1.29 is 60.9 Å². The molecule has 0 spiro atoms. The SMILES string of the molecule is CC(C)(C)OC(=O)N[C@@H](COCc1ccc(C(=O)c2ccccc2)cc1)C(=O)NCCCOCCOCCOCCCNC(=O)CCC(=O)NS(=O)(=O)CCCC(N)=O. The number of alkyl carbamates (subject to hydrolysis) is 1. The zero-order valence-corrected chi connectivity index (χ0v) is 34.9. The van der Waals surface area contributed by atoms with E-state index in [2.05, 4.69) is 16.0 Å². The number of ether oxygens (including phenoxy) is 5. The van der Waals surface area contributed by atoms with Gasteiger partial charge in [-0.25, -0.2) is 13.2 Å². The van der Waals surface area contributed by atoms with Crippen LogP contribution in [0.5, 0.6) is 0 Å². The molecular weight excluding hydrogens is 791 g/mol. The van der Waals surface area contributed by atoms with Crippen molar-refractivity contribution in [3.63, 3.8) is 0 Å². The molecule has 0 unspecified atom stereocenters. The molecule has 6 N–H and O–H groups in total. The summed E-state index contributed by atoms with van der Waals surface area (Å²) in [6.45, 7) is 7.83. The van der Waals surface area contributed by atoms with E-state index < -0.39 is 57.1 Å². The minimum Gasteiger partial charge on any atom is -0.444 e. The van der Waals surface area contributed by atoms with Crippen molar-refractivity contribution >= 4 is 45.5 Å². The van der Waals surface area contributed by atoms with Crippen LogP contribution in [0.1, 0.15) is 80.8 Å². The van der Waals surface area contributed by atoms with Gasteiger partial charge in [-0.3, -0.25) is 28.7 Å². The molecule has 0 fully saturated rings. The summed E-state index contributed by atoms with van der Waals surface area (Å²) in [5.41, 5.74) is 6.12. The van der Waals surface area contributed by atoms with Crippen molar-refractivity contribution in [3.8, 4) is 0 Å². The summed E-state index contributed by atoms with van der Waals surface area (Å²) in [7, 11) is -3.90. The van der Waals surface area contributed by atoms with Gasteiger partial charge in [-0.05, 0) is 45.6 Å². The molecule has 328 valence electrons. The molecule has 0 aliphatic heterocycles. The number of primary amides is 1. The zero-order chi connectivity index (χ0) is 43.5. The minimum absolute atomic E-state index is 0.00681. The van der Waals surface area contributed by atoms with Gasteiger partial charge >= 0.3 is 6.09 Å². The van der Waals surface area contributed by atoms with Gasteiger partial charge in [0.25, 0.3) is 0 Å². The molecule has 1 atom stereocenters. The van der Waals surface area contributed by atoms with Gasteiger partial charge in [-0.1, -0.05) is 54.6 Å². The molecule has 19 heteroatoms. The predicted octanol–water partition coefficient (Wildman–Crippen LogP) is 1.88. The molecule has 0 saturated carbocycles. The fraction of sp³-hybridized carbons (Fsp3) is 0.550. The third-order valence-corrected chi connectivity index (χ3v) is 9.16. The smallest absolute Gasteiger partial charge is 0.408 e. The molecule has 18 nitrogen and oxygen atoms in total. The molecule has 0 heterocycles. The molecule has 2 aromatic carbocycles. The number of benzene rings is 2. The van der Waals surface area contributed by atoms with Crippen molar-refractivity contribution in [2.75, 3.05) is 65.1 Å². The van der Waals surface area contributed by atoms with E-state index in [1.807, 2.05) is 10.8 Å². The summed E-state index contributed by atoms with van der Waals surface area (Å²) in [4.78, 5) is 72.6. The van der Waals surface area contributed by atoms with Gasteiger partial charge < -0.3 is 45.4 Å².